The fourth-order valence-corrected chi connectivity index (χ4v) is 6.58. The van der Waals surface area contributed by atoms with Crippen molar-refractivity contribution in [3.05, 3.63) is 78.1 Å². The molecule has 5 aromatic rings. The van der Waals surface area contributed by atoms with Gasteiger partial charge in [0.05, 0.1) is 11.4 Å². The summed E-state index contributed by atoms with van der Waals surface area (Å²) in [7, 11) is -9.69. The smallest absolute Gasteiger partial charge is 0.295 e. The molecule has 22 heteroatoms. The third-order valence-corrected chi connectivity index (χ3v) is 10.9. The maximum Gasteiger partial charge on any atom is 0.295 e. The van der Waals surface area contributed by atoms with E-state index in [2.05, 4.69) is 78.3 Å². The Kier molecular flexibility index (Phi) is 11.8. The van der Waals surface area contributed by atoms with Crippen LogP contribution in [0.4, 0.5) is 46.0 Å². The molecule has 0 saturated heterocycles. The first-order valence-electron chi connectivity index (χ1n) is 14.4. The first kappa shape index (κ1) is 38.6. The molecule has 2 amide bonds. The Labute approximate surface area is 317 Å². The minimum atomic E-state index is -4.88. The lowest BCUT2D eigenvalue weighted by molar-refractivity contribution is -0.115. The molecule has 0 bridgehead atoms. The average molecular weight is 898 g/mol. The first-order chi connectivity index (χ1) is 24.5. The standard InChI is InChI=1S/C30H24Br2ClN9O8S2/c1-15(43)34-24-12-18(37-30-39-28(33)38-29(40-30)36-17-5-2-4-16(10-17)35-27(44)22(32)14-31)8-9-23(24)42-41-19-11-21-20(26(13-19)52(48,49)50)6-3-7-25(21)51(45,46)47/h2-13,22H,14H2,1H3,(H,34,43)(H,35,44)(H,45,46,47)(H,48,49,50)(H2,36,37,38,39,40). The number of azo groups is 1. The highest BCUT2D eigenvalue weighted by Gasteiger charge is 2.21. The third kappa shape index (κ3) is 9.82. The normalized spacial score (nSPS) is 12.4. The number of alkyl halides is 2. The fraction of sp³-hybridized carbons (Fsp3) is 0.100. The van der Waals surface area contributed by atoms with Crippen molar-refractivity contribution in [3.63, 3.8) is 0 Å². The van der Waals surface area contributed by atoms with Gasteiger partial charge in [0.1, 0.15) is 20.3 Å². The molecule has 1 unspecified atom stereocenters. The number of rotatable bonds is 12. The number of aromatic nitrogens is 3. The maximum absolute atomic E-state index is 12.3. The van der Waals surface area contributed by atoms with Gasteiger partial charge in [0.2, 0.25) is 29.0 Å². The van der Waals surface area contributed by atoms with Gasteiger partial charge in [0.25, 0.3) is 20.2 Å². The van der Waals surface area contributed by atoms with E-state index in [-0.39, 0.29) is 50.9 Å². The molecule has 0 spiro atoms. The van der Waals surface area contributed by atoms with E-state index in [9.17, 15) is 35.5 Å². The van der Waals surface area contributed by atoms with E-state index in [1.54, 1.807) is 24.3 Å². The van der Waals surface area contributed by atoms with Crippen LogP contribution < -0.4 is 21.3 Å². The number of fused-ring (bicyclic) bond motifs is 1. The number of hydrogen-bond acceptors (Lipinski definition) is 13. The van der Waals surface area contributed by atoms with Crippen LogP contribution in [-0.4, -0.2) is 62.9 Å². The number of halogens is 3. The lowest BCUT2D eigenvalue weighted by Crippen LogP contribution is -2.23. The number of carbonyl (C=O) groups excluding carboxylic acids is 2. The summed E-state index contributed by atoms with van der Waals surface area (Å²) in [4.78, 5) is 35.1. The third-order valence-electron chi connectivity index (χ3n) is 6.71. The van der Waals surface area contributed by atoms with Gasteiger partial charge < -0.3 is 21.3 Å². The number of nitrogens with one attached hydrogen (secondary N) is 4. The molecule has 0 radical (unpaired) electrons. The molecule has 0 aliphatic carbocycles. The summed E-state index contributed by atoms with van der Waals surface area (Å²) in [5.41, 5.74) is 1.42. The molecule has 0 aliphatic heterocycles. The lowest BCUT2D eigenvalue weighted by atomic mass is 10.1. The van der Waals surface area contributed by atoms with Crippen molar-refractivity contribution in [2.24, 2.45) is 10.2 Å². The highest BCUT2D eigenvalue weighted by Crippen LogP contribution is 2.36. The lowest BCUT2D eigenvalue weighted by Gasteiger charge is -2.12. The van der Waals surface area contributed by atoms with E-state index in [4.69, 9.17) is 11.6 Å². The van der Waals surface area contributed by atoms with Crippen molar-refractivity contribution in [2.45, 2.75) is 21.5 Å². The van der Waals surface area contributed by atoms with Crippen molar-refractivity contribution in [2.75, 3.05) is 26.6 Å². The molecule has 270 valence electrons. The van der Waals surface area contributed by atoms with Crippen molar-refractivity contribution in [1.82, 2.24) is 15.0 Å². The van der Waals surface area contributed by atoms with Crippen molar-refractivity contribution < 1.29 is 35.5 Å². The second-order valence-electron chi connectivity index (χ2n) is 10.6. The molecule has 0 saturated carbocycles. The van der Waals surface area contributed by atoms with Crippen LogP contribution in [0.25, 0.3) is 10.8 Å². The molecule has 17 nitrogen and oxygen atoms in total. The van der Waals surface area contributed by atoms with Crippen LogP contribution in [-0.2, 0) is 29.8 Å². The number of nitrogens with zero attached hydrogens (tertiary/aromatic N) is 5. The molecule has 4 aromatic carbocycles. The van der Waals surface area contributed by atoms with Crippen LogP contribution in [0, 0.1) is 0 Å². The first-order valence-corrected chi connectivity index (χ1v) is 19.7. The highest BCUT2D eigenvalue weighted by atomic mass is 79.9. The second-order valence-corrected chi connectivity index (χ2v) is 15.4. The summed E-state index contributed by atoms with van der Waals surface area (Å²) in [6, 6.07) is 16.9. The zero-order valence-electron chi connectivity index (χ0n) is 26.2. The molecule has 1 aromatic heterocycles. The van der Waals surface area contributed by atoms with E-state index in [1.165, 1.54) is 37.3 Å². The Morgan fingerprint density at radius 2 is 1.42 bits per heavy atom. The monoisotopic (exact) mass is 895 g/mol. The van der Waals surface area contributed by atoms with Crippen LogP contribution in [0.2, 0.25) is 5.28 Å². The molecular weight excluding hydrogens is 874 g/mol. The Balaban J connectivity index is 1.43. The predicted octanol–water partition coefficient (Wildman–Crippen LogP) is 7.13. The minimum Gasteiger partial charge on any atom is -0.325 e. The number of amides is 2. The Bertz CT molecular complexity index is 2480. The quantitative estimate of drug-likeness (QED) is 0.0415. The van der Waals surface area contributed by atoms with E-state index in [1.807, 2.05) is 0 Å². The van der Waals surface area contributed by atoms with Gasteiger partial charge >= 0.3 is 0 Å². The summed E-state index contributed by atoms with van der Waals surface area (Å²) >= 11 is 12.7. The number of hydrogen-bond donors (Lipinski definition) is 6. The molecule has 52 heavy (non-hydrogen) atoms. The van der Waals surface area contributed by atoms with Gasteiger partial charge in [0.15, 0.2) is 0 Å². The van der Waals surface area contributed by atoms with Gasteiger partial charge in [-0.3, -0.25) is 18.7 Å². The van der Waals surface area contributed by atoms with Gasteiger partial charge in [-0.05, 0) is 66.2 Å². The van der Waals surface area contributed by atoms with E-state index in [0.29, 0.717) is 22.4 Å². The van der Waals surface area contributed by atoms with Gasteiger partial charge in [-0.15, -0.1) is 5.11 Å². The predicted molar refractivity (Wildman–Crippen MR) is 201 cm³/mol. The molecular formula is C30H24Br2ClN9O8S2. The van der Waals surface area contributed by atoms with E-state index >= 15 is 0 Å². The maximum atomic E-state index is 12.3. The molecule has 6 N–H and O–H groups in total. The summed E-state index contributed by atoms with van der Waals surface area (Å²) in [6.07, 6.45) is 0. The zero-order valence-corrected chi connectivity index (χ0v) is 31.8. The van der Waals surface area contributed by atoms with Crippen LogP contribution in [0.1, 0.15) is 6.92 Å². The summed E-state index contributed by atoms with van der Waals surface area (Å²) in [5.74, 6) is -0.644. The van der Waals surface area contributed by atoms with Crippen LogP contribution in [0.15, 0.2) is 92.8 Å². The van der Waals surface area contributed by atoms with Gasteiger partial charge in [-0.25, -0.2) is 0 Å². The molecule has 1 atom stereocenters. The minimum absolute atomic E-state index is 0.0121. The fourth-order valence-electron chi connectivity index (χ4n) is 4.59. The molecule has 0 fully saturated rings. The average Bonchev–Trinajstić information content (AvgIpc) is 3.05. The van der Waals surface area contributed by atoms with Crippen molar-refractivity contribution in [1.29, 1.82) is 0 Å². The summed E-state index contributed by atoms with van der Waals surface area (Å²) in [6.45, 7) is 1.25. The van der Waals surface area contributed by atoms with E-state index < -0.39 is 40.8 Å². The molecule has 0 aliphatic rings. The van der Waals surface area contributed by atoms with Crippen LogP contribution in [0.3, 0.4) is 0 Å². The second kappa shape index (κ2) is 15.9. The SMILES string of the molecule is CC(=O)Nc1cc(Nc2nc(Cl)nc(Nc3cccc(NC(=O)C(Br)CBr)c3)n2)ccc1N=Nc1cc(S(=O)(=O)O)c2cccc(S(=O)(=O)O)c2c1. The number of benzene rings is 4. The number of anilines is 6. The van der Waals surface area contributed by atoms with Crippen LogP contribution >= 0.6 is 43.5 Å². The van der Waals surface area contributed by atoms with Crippen molar-refractivity contribution >= 4 is 132 Å². The summed E-state index contributed by atoms with van der Waals surface area (Å²) in [5, 5.41) is 19.3. The Morgan fingerprint density at radius 3 is 2.06 bits per heavy atom. The molecule has 5 rings (SSSR count). The van der Waals surface area contributed by atoms with E-state index in [0.717, 1.165) is 18.2 Å². The van der Waals surface area contributed by atoms with Crippen LogP contribution in [0.5, 0.6) is 0 Å². The Hall–Kier alpha value is -4.64. The van der Waals surface area contributed by atoms with Gasteiger partial charge in [-0.2, -0.15) is 36.9 Å². The highest BCUT2D eigenvalue weighted by molar-refractivity contribution is 9.12. The van der Waals surface area contributed by atoms with Gasteiger partial charge in [-0.1, -0.05) is 50.1 Å². The topological polar surface area (TPSA) is 254 Å². The largest absolute Gasteiger partial charge is 0.325 e. The van der Waals surface area contributed by atoms with Gasteiger partial charge in [0, 0.05) is 40.1 Å². The number of carbonyl (C=O) groups is 2. The zero-order chi connectivity index (χ0) is 37.8. The van der Waals surface area contributed by atoms with Crippen molar-refractivity contribution in [3.8, 4) is 0 Å². The summed E-state index contributed by atoms with van der Waals surface area (Å²) < 4.78 is 67.9. The Morgan fingerprint density at radius 1 is 0.788 bits per heavy atom. The molecule has 1 heterocycles.